The monoisotopic (exact) mass is 250 g/mol. The summed E-state index contributed by atoms with van der Waals surface area (Å²) in [4.78, 5) is 12.3. The third-order valence-electron chi connectivity index (χ3n) is 2.31. The zero-order chi connectivity index (χ0) is 12.1. The van der Waals surface area contributed by atoms with Crippen LogP contribution in [0.3, 0.4) is 0 Å². The molecule has 90 valence electrons. The Hall–Kier alpha value is -1.55. The summed E-state index contributed by atoms with van der Waals surface area (Å²) in [5.41, 5.74) is 0. The Bertz CT molecular complexity index is 471. The zero-order valence-electron chi connectivity index (χ0n) is 9.64. The van der Waals surface area contributed by atoms with E-state index in [-0.39, 0.29) is 5.97 Å². The Labute approximate surface area is 104 Å². The quantitative estimate of drug-likeness (QED) is 0.762. The van der Waals surface area contributed by atoms with Crippen LogP contribution >= 0.6 is 11.3 Å². The molecule has 2 aromatic rings. The second-order valence-electron chi connectivity index (χ2n) is 3.55. The van der Waals surface area contributed by atoms with Crippen molar-refractivity contribution in [2.45, 2.75) is 19.8 Å². The van der Waals surface area contributed by atoms with E-state index in [1.54, 1.807) is 18.3 Å². The van der Waals surface area contributed by atoms with E-state index in [1.165, 1.54) is 0 Å². The molecule has 0 aliphatic carbocycles. The smallest absolute Gasteiger partial charge is 0.306 e. The number of carbonyl (C=O) groups is 1. The first kappa shape index (κ1) is 11.9. The minimum absolute atomic E-state index is 0.179. The third-order valence-corrected chi connectivity index (χ3v) is 3.19. The topological polar surface area (TPSA) is 39.4 Å². The lowest BCUT2D eigenvalue weighted by Crippen LogP contribution is -2.04. The molecule has 0 saturated carbocycles. The molecule has 0 aliphatic rings. The van der Waals surface area contributed by atoms with Gasteiger partial charge >= 0.3 is 5.97 Å². The number of aryl methyl sites for hydroxylation is 1. The predicted octanol–water partition coefficient (Wildman–Crippen LogP) is 3.50. The number of furan rings is 1. The highest BCUT2D eigenvalue weighted by molar-refractivity contribution is 7.13. The Morgan fingerprint density at radius 1 is 1.41 bits per heavy atom. The Kier molecular flexibility index (Phi) is 3.98. The van der Waals surface area contributed by atoms with Crippen LogP contribution in [0.5, 0.6) is 0 Å². The van der Waals surface area contributed by atoms with Gasteiger partial charge in [-0.2, -0.15) is 0 Å². The molecule has 0 bridgehead atoms. The van der Waals surface area contributed by atoms with Gasteiger partial charge in [0.25, 0.3) is 0 Å². The summed E-state index contributed by atoms with van der Waals surface area (Å²) in [7, 11) is 0. The van der Waals surface area contributed by atoms with Crippen LogP contribution in [0.2, 0.25) is 0 Å². The van der Waals surface area contributed by atoms with E-state index in [0.717, 1.165) is 16.4 Å². The molecule has 0 aromatic carbocycles. The Morgan fingerprint density at radius 3 is 3.00 bits per heavy atom. The molecular weight excluding hydrogens is 236 g/mol. The van der Waals surface area contributed by atoms with Crippen LogP contribution in [-0.2, 0) is 16.0 Å². The molecule has 17 heavy (non-hydrogen) atoms. The fourth-order valence-electron chi connectivity index (χ4n) is 1.52. The van der Waals surface area contributed by atoms with Crippen molar-refractivity contribution in [2.75, 3.05) is 6.61 Å². The molecule has 0 fully saturated rings. The maximum Gasteiger partial charge on any atom is 0.306 e. The normalized spacial score (nSPS) is 10.4. The van der Waals surface area contributed by atoms with E-state index >= 15 is 0 Å². The van der Waals surface area contributed by atoms with Crippen molar-refractivity contribution in [3.63, 3.8) is 0 Å². The van der Waals surface area contributed by atoms with Crippen LogP contribution in [0, 0.1) is 0 Å². The van der Waals surface area contributed by atoms with E-state index < -0.39 is 0 Å². The summed E-state index contributed by atoms with van der Waals surface area (Å²) in [6.07, 6.45) is 0.954. The Morgan fingerprint density at radius 2 is 2.29 bits per heavy atom. The van der Waals surface area contributed by atoms with Crippen LogP contribution < -0.4 is 0 Å². The SMILES string of the molecule is CCOC(=O)CCc1ccc(-c2cccs2)o1. The van der Waals surface area contributed by atoms with Crippen LogP contribution in [0.4, 0.5) is 0 Å². The number of hydrogen-bond donors (Lipinski definition) is 0. The standard InChI is InChI=1S/C13H14O3S/c1-2-15-13(14)8-6-10-5-7-11(16-10)12-4-3-9-17-12/h3-5,7,9H,2,6,8H2,1H3. The van der Waals surface area contributed by atoms with Crippen molar-refractivity contribution in [3.8, 4) is 10.6 Å². The molecule has 2 aromatic heterocycles. The predicted molar refractivity (Wildman–Crippen MR) is 67.0 cm³/mol. The molecular formula is C13H14O3S. The maximum absolute atomic E-state index is 11.2. The summed E-state index contributed by atoms with van der Waals surface area (Å²) in [5.74, 6) is 1.50. The molecule has 0 saturated heterocycles. The highest BCUT2D eigenvalue weighted by atomic mass is 32.1. The maximum atomic E-state index is 11.2. The molecule has 0 unspecified atom stereocenters. The highest BCUT2D eigenvalue weighted by Gasteiger charge is 2.08. The molecule has 0 aliphatic heterocycles. The van der Waals surface area contributed by atoms with E-state index in [9.17, 15) is 4.79 Å². The highest BCUT2D eigenvalue weighted by Crippen LogP contribution is 2.26. The summed E-state index contributed by atoms with van der Waals surface area (Å²) in [6.45, 7) is 2.23. The van der Waals surface area contributed by atoms with Crippen molar-refractivity contribution in [3.05, 3.63) is 35.4 Å². The largest absolute Gasteiger partial charge is 0.466 e. The van der Waals surface area contributed by atoms with E-state index in [4.69, 9.17) is 9.15 Å². The summed E-state index contributed by atoms with van der Waals surface area (Å²) >= 11 is 1.64. The molecule has 0 amide bonds. The van der Waals surface area contributed by atoms with Crippen molar-refractivity contribution in [2.24, 2.45) is 0 Å². The number of hydrogen-bond acceptors (Lipinski definition) is 4. The van der Waals surface area contributed by atoms with Crippen LogP contribution in [0.25, 0.3) is 10.6 Å². The van der Waals surface area contributed by atoms with Gasteiger partial charge in [0, 0.05) is 6.42 Å². The van der Waals surface area contributed by atoms with E-state index in [0.29, 0.717) is 19.4 Å². The molecule has 2 heterocycles. The molecule has 4 heteroatoms. The van der Waals surface area contributed by atoms with E-state index in [2.05, 4.69) is 0 Å². The lowest BCUT2D eigenvalue weighted by atomic mass is 10.2. The van der Waals surface area contributed by atoms with Gasteiger partial charge in [-0.3, -0.25) is 4.79 Å². The summed E-state index contributed by atoms with van der Waals surface area (Å²) < 4.78 is 10.5. The summed E-state index contributed by atoms with van der Waals surface area (Å²) in [6, 6.07) is 7.85. The molecule has 3 nitrogen and oxygen atoms in total. The number of thiophene rings is 1. The minimum Gasteiger partial charge on any atom is -0.466 e. The molecule has 0 spiro atoms. The van der Waals surface area contributed by atoms with Gasteiger partial charge in [0.1, 0.15) is 11.5 Å². The van der Waals surface area contributed by atoms with Gasteiger partial charge in [-0.05, 0) is 30.5 Å². The lowest BCUT2D eigenvalue weighted by molar-refractivity contribution is -0.143. The average molecular weight is 250 g/mol. The van der Waals surface area contributed by atoms with Gasteiger partial charge in [-0.1, -0.05) is 6.07 Å². The minimum atomic E-state index is -0.179. The Balaban J connectivity index is 1.93. The number of carbonyl (C=O) groups excluding carboxylic acids is 1. The first-order valence-corrected chi connectivity index (χ1v) is 6.45. The fourth-order valence-corrected chi connectivity index (χ4v) is 2.21. The van der Waals surface area contributed by atoms with Crippen molar-refractivity contribution in [1.82, 2.24) is 0 Å². The summed E-state index contributed by atoms with van der Waals surface area (Å²) in [5, 5.41) is 2.01. The van der Waals surface area contributed by atoms with Crippen molar-refractivity contribution >= 4 is 17.3 Å². The van der Waals surface area contributed by atoms with Crippen molar-refractivity contribution < 1.29 is 13.9 Å². The number of rotatable bonds is 5. The van der Waals surface area contributed by atoms with Gasteiger partial charge in [-0.25, -0.2) is 0 Å². The van der Waals surface area contributed by atoms with Gasteiger partial charge in [0.2, 0.25) is 0 Å². The van der Waals surface area contributed by atoms with Gasteiger partial charge in [0.05, 0.1) is 17.9 Å². The van der Waals surface area contributed by atoms with Crippen LogP contribution in [0.1, 0.15) is 19.1 Å². The molecule has 2 rings (SSSR count). The third kappa shape index (κ3) is 3.20. The first-order valence-electron chi connectivity index (χ1n) is 5.58. The number of esters is 1. The van der Waals surface area contributed by atoms with Gasteiger partial charge in [0.15, 0.2) is 0 Å². The van der Waals surface area contributed by atoms with Crippen LogP contribution in [0.15, 0.2) is 34.1 Å². The van der Waals surface area contributed by atoms with E-state index in [1.807, 2.05) is 29.6 Å². The first-order chi connectivity index (χ1) is 8.29. The fraction of sp³-hybridized carbons (Fsp3) is 0.308. The number of ether oxygens (including phenoxy) is 1. The van der Waals surface area contributed by atoms with Gasteiger partial charge in [-0.15, -0.1) is 11.3 Å². The molecule has 0 radical (unpaired) electrons. The zero-order valence-corrected chi connectivity index (χ0v) is 10.5. The lowest BCUT2D eigenvalue weighted by Gasteiger charge is -1.99. The molecule has 0 N–H and O–H groups in total. The second-order valence-corrected chi connectivity index (χ2v) is 4.50. The second kappa shape index (κ2) is 5.68. The molecule has 0 atom stereocenters. The van der Waals surface area contributed by atoms with Gasteiger partial charge < -0.3 is 9.15 Å². The van der Waals surface area contributed by atoms with Crippen molar-refractivity contribution in [1.29, 1.82) is 0 Å². The van der Waals surface area contributed by atoms with Crippen LogP contribution in [-0.4, -0.2) is 12.6 Å². The average Bonchev–Trinajstić information content (AvgIpc) is 2.97.